The second-order valence-electron chi connectivity index (χ2n) is 7.30. The van der Waals surface area contributed by atoms with Gasteiger partial charge >= 0.3 is 6.03 Å². The van der Waals surface area contributed by atoms with Gasteiger partial charge in [-0.05, 0) is 37.5 Å². The van der Waals surface area contributed by atoms with Crippen LogP contribution in [0.15, 0.2) is 59.4 Å². The molecule has 6 heteroatoms. The molecule has 0 fully saturated rings. The number of amides is 2. The molecule has 6 nitrogen and oxygen atoms in total. The molecule has 0 aliphatic heterocycles. The Morgan fingerprint density at radius 3 is 2.43 bits per heavy atom. The number of nitrogens with one attached hydrogen (secondary N) is 1. The molecule has 2 aromatic carbocycles. The highest BCUT2D eigenvalue weighted by Gasteiger charge is 2.27. The van der Waals surface area contributed by atoms with Gasteiger partial charge in [-0.2, -0.15) is 0 Å². The third-order valence-electron chi connectivity index (χ3n) is 5.29. The van der Waals surface area contributed by atoms with Crippen molar-refractivity contribution in [3.8, 4) is 0 Å². The minimum atomic E-state index is -0.283. The van der Waals surface area contributed by atoms with E-state index in [1.54, 1.807) is 9.47 Å². The summed E-state index contributed by atoms with van der Waals surface area (Å²) in [6, 6.07) is 16.8. The molecule has 0 aliphatic carbocycles. The van der Waals surface area contributed by atoms with E-state index in [0.29, 0.717) is 42.8 Å². The summed E-state index contributed by atoms with van der Waals surface area (Å²) in [4.78, 5) is 32.8. The number of carbonyl (C=O) groups excluding carboxylic acids is 1. The van der Waals surface area contributed by atoms with E-state index in [9.17, 15) is 9.59 Å². The monoisotopic (exact) mass is 406 g/mol. The molecule has 2 amide bonds. The molecule has 30 heavy (non-hydrogen) atoms. The first-order valence-electron chi connectivity index (χ1n) is 10.7. The van der Waals surface area contributed by atoms with E-state index < -0.39 is 0 Å². The zero-order valence-corrected chi connectivity index (χ0v) is 18.0. The molecule has 158 valence electrons. The van der Waals surface area contributed by atoms with Gasteiger partial charge in [-0.15, -0.1) is 0 Å². The van der Waals surface area contributed by atoms with Crippen molar-refractivity contribution in [2.45, 2.75) is 52.7 Å². The number of aromatic nitrogens is 2. The number of hydrogen-bond acceptors (Lipinski definition) is 3. The second kappa shape index (κ2) is 10.1. The molecule has 0 aliphatic rings. The Morgan fingerprint density at radius 1 is 1.07 bits per heavy atom. The SMILES string of the molecule is CCCn1c(C(CC)N(CC)C(=O)NCc2ccccc2)nc2ccccc2c1=O. The fraction of sp³-hybridized carbons (Fsp3) is 0.375. The van der Waals surface area contributed by atoms with Crippen molar-refractivity contribution in [3.05, 3.63) is 76.3 Å². The Labute approximate surface area is 177 Å². The number of rotatable bonds is 8. The van der Waals surface area contributed by atoms with Gasteiger partial charge in [0.15, 0.2) is 0 Å². The first-order chi connectivity index (χ1) is 14.6. The fourth-order valence-electron chi connectivity index (χ4n) is 3.80. The second-order valence-corrected chi connectivity index (χ2v) is 7.30. The summed E-state index contributed by atoms with van der Waals surface area (Å²) in [6.07, 6.45) is 1.48. The lowest BCUT2D eigenvalue weighted by molar-refractivity contribution is 0.170. The van der Waals surface area contributed by atoms with Gasteiger partial charge in [0.2, 0.25) is 0 Å². The summed E-state index contributed by atoms with van der Waals surface area (Å²) < 4.78 is 1.74. The number of nitrogens with zero attached hydrogens (tertiary/aromatic N) is 3. The summed E-state index contributed by atoms with van der Waals surface area (Å²) in [7, 11) is 0. The maximum Gasteiger partial charge on any atom is 0.318 e. The van der Waals surface area contributed by atoms with Crippen LogP contribution in [0.2, 0.25) is 0 Å². The van der Waals surface area contributed by atoms with Gasteiger partial charge in [0.25, 0.3) is 5.56 Å². The first-order valence-corrected chi connectivity index (χ1v) is 10.7. The number of urea groups is 1. The van der Waals surface area contributed by atoms with E-state index in [-0.39, 0.29) is 17.6 Å². The zero-order valence-electron chi connectivity index (χ0n) is 18.0. The van der Waals surface area contributed by atoms with Crippen LogP contribution in [0.25, 0.3) is 10.9 Å². The van der Waals surface area contributed by atoms with E-state index in [2.05, 4.69) is 5.32 Å². The average Bonchev–Trinajstić information content (AvgIpc) is 2.78. The van der Waals surface area contributed by atoms with E-state index in [4.69, 9.17) is 4.98 Å². The Morgan fingerprint density at radius 2 is 1.77 bits per heavy atom. The Bertz CT molecular complexity index is 1050. The summed E-state index contributed by atoms with van der Waals surface area (Å²) in [5.74, 6) is 0.653. The summed E-state index contributed by atoms with van der Waals surface area (Å²) in [5, 5.41) is 3.62. The molecule has 1 N–H and O–H groups in total. The molecule has 0 radical (unpaired) electrons. The summed E-state index contributed by atoms with van der Waals surface area (Å²) >= 11 is 0. The minimum absolute atomic E-state index is 0.0448. The average molecular weight is 407 g/mol. The van der Waals surface area contributed by atoms with Crippen molar-refractivity contribution in [2.24, 2.45) is 0 Å². The standard InChI is InChI=1S/C24H30N4O2/c1-4-16-28-22(26-20-15-11-10-14-19(20)23(28)29)21(5-2)27(6-3)24(30)25-17-18-12-8-7-9-13-18/h7-15,21H,4-6,16-17H2,1-3H3,(H,25,30). The molecule has 3 aromatic rings. The third kappa shape index (κ3) is 4.53. The molecule has 1 unspecified atom stereocenters. The van der Waals surface area contributed by atoms with Crippen molar-refractivity contribution in [1.29, 1.82) is 0 Å². The number of benzene rings is 2. The van der Waals surface area contributed by atoms with E-state index in [1.165, 1.54) is 0 Å². The van der Waals surface area contributed by atoms with Gasteiger partial charge in [0, 0.05) is 19.6 Å². The quantitative estimate of drug-likeness (QED) is 0.599. The minimum Gasteiger partial charge on any atom is -0.334 e. The van der Waals surface area contributed by atoms with E-state index in [0.717, 1.165) is 12.0 Å². The van der Waals surface area contributed by atoms with Gasteiger partial charge in [0.1, 0.15) is 5.82 Å². The van der Waals surface area contributed by atoms with Crippen LogP contribution in [0.4, 0.5) is 4.79 Å². The van der Waals surface area contributed by atoms with Crippen LogP contribution >= 0.6 is 0 Å². The number of fused-ring (bicyclic) bond motifs is 1. The van der Waals surface area contributed by atoms with E-state index in [1.807, 2.05) is 75.4 Å². The Balaban J connectivity index is 1.96. The topological polar surface area (TPSA) is 67.2 Å². The molecular weight excluding hydrogens is 376 g/mol. The molecule has 0 spiro atoms. The van der Waals surface area contributed by atoms with Crippen LogP contribution in [0, 0.1) is 0 Å². The highest BCUT2D eigenvalue weighted by molar-refractivity contribution is 5.78. The van der Waals surface area contributed by atoms with Crippen LogP contribution in [-0.4, -0.2) is 27.0 Å². The van der Waals surface area contributed by atoms with Crippen molar-refractivity contribution < 1.29 is 4.79 Å². The van der Waals surface area contributed by atoms with Gasteiger partial charge in [-0.3, -0.25) is 9.36 Å². The number of hydrogen-bond donors (Lipinski definition) is 1. The van der Waals surface area contributed by atoms with Crippen LogP contribution in [0.5, 0.6) is 0 Å². The van der Waals surface area contributed by atoms with Crippen LogP contribution < -0.4 is 10.9 Å². The van der Waals surface area contributed by atoms with Crippen LogP contribution in [-0.2, 0) is 13.1 Å². The van der Waals surface area contributed by atoms with Gasteiger partial charge in [-0.1, -0.05) is 56.3 Å². The largest absolute Gasteiger partial charge is 0.334 e. The highest BCUT2D eigenvalue weighted by Crippen LogP contribution is 2.24. The van der Waals surface area contributed by atoms with Crippen molar-refractivity contribution in [2.75, 3.05) is 6.54 Å². The lowest BCUT2D eigenvalue weighted by atomic mass is 10.1. The third-order valence-corrected chi connectivity index (χ3v) is 5.29. The maximum atomic E-state index is 13.2. The molecule has 1 atom stereocenters. The van der Waals surface area contributed by atoms with Crippen LogP contribution in [0.1, 0.15) is 51.0 Å². The van der Waals surface area contributed by atoms with E-state index >= 15 is 0 Å². The number of carbonyl (C=O) groups is 1. The van der Waals surface area contributed by atoms with Crippen molar-refractivity contribution in [3.63, 3.8) is 0 Å². The zero-order chi connectivity index (χ0) is 21.5. The molecule has 1 aromatic heterocycles. The molecule has 0 saturated heterocycles. The molecule has 3 rings (SSSR count). The highest BCUT2D eigenvalue weighted by atomic mass is 16.2. The predicted octanol–water partition coefficient (Wildman–Crippen LogP) is 4.49. The number of para-hydroxylation sites is 1. The first kappa shape index (κ1) is 21.6. The lowest BCUT2D eigenvalue weighted by Crippen LogP contribution is -2.43. The molecular formula is C24H30N4O2. The molecule has 1 heterocycles. The molecule has 0 bridgehead atoms. The van der Waals surface area contributed by atoms with Crippen LogP contribution in [0.3, 0.4) is 0 Å². The Kier molecular flexibility index (Phi) is 7.22. The van der Waals surface area contributed by atoms with Gasteiger partial charge in [0.05, 0.1) is 16.9 Å². The summed E-state index contributed by atoms with van der Waals surface area (Å²) in [6.45, 7) is 7.57. The lowest BCUT2D eigenvalue weighted by Gasteiger charge is -2.31. The van der Waals surface area contributed by atoms with Gasteiger partial charge in [-0.25, -0.2) is 9.78 Å². The fourth-order valence-corrected chi connectivity index (χ4v) is 3.80. The maximum absolute atomic E-state index is 13.2. The molecule has 0 saturated carbocycles. The Hall–Kier alpha value is -3.15. The smallest absolute Gasteiger partial charge is 0.318 e. The van der Waals surface area contributed by atoms with Crippen molar-refractivity contribution >= 4 is 16.9 Å². The van der Waals surface area contributed by atoms with Crippen molar-refractivity contribution in [1.82, 2.24) is 19.8 Å². The van der Waals surface area contributed by atoms with Gasteiger partial charge < -0.3 is 10.2 Å². The normalized spacial score (nSPS) is 12.0. The summed E-state index contributed by atoms with van der Waals surface area (Å²) in [5.41, 5.74) is 1.67. The predicted molar refractivity (Wildman–Crippen MR) is 120 cm³/mol.